The van der Waals surface area contributed by atoms with Crippen molar-refractivity contribution in [2.24, 2.45) is 0 Å². The van der Waals surface area contributed by atoms with Crippen LogP contribution < -0.4 is 10.0 Å². The maximum absolute atomic E-state index is 11.5. The van der Waals surface area contributed by atoms with E-state index in [-0.39, 0.29) is 76.3 Å². The number of benzene rings is 1. The predicted octanol–water partition coefficient (Wildman–Crippen LogP) is 1.45. The van der Waals surface area contributed by atoms with Gasteiger partial charge in [-0.15, -0.1) is 0 Å². The van der Waals surface area contributed by atoms with Crippen molar-refractivity contribution in [3.8, 4) is 5.75 Å². The van der Waals surface area contributed by atoms with Crippen molar-refractivity contribution in [2.45, 2.75) is 39.5 Å². The molecule has 20 heavy (non-hydrogen) atoms. The Kier molecular flexibility index (Phi) is 10.9. The van der Waals surface area contributed by atoms with E-state index in [0.717, 1.165) is 5.56 Å². The van der Waals surface area contributed by atoms with Gasteiger partial charge in [-0.3, -0.25) is 4.57 Å². The zero-order chi connectivity index (χ0) is 14.1. The Hall–Kier alpha value is 1.17. The van der Waals surface area contributed by atoms with Crippen molar-refractivity contribution in [2.75, 3.05) is 7.11 Å². The van der Waals surface area contributed by atoms with Gasteiger partial charge >= 0.3 is 66.7 Å². The molecule has 4 nitrogen and oxygen atoms in total. The molecule has 106 valence electrons. The van der Waals surface area contributed by atoms with Gasteiger partial charge in [0.15, 0.2) is 0 Å². The van der Waals surface area contributed by atoms with Crippen LogP contribution in [0.2, 0.25) is 0 Å². The van der Waals surface area contributed by atoms with Gasteiger partial charge in [-0.05, 0) is 23.5 Å². The van der Waals surface area contributed by atoms with Gasteiger partial charge < -0.3 is 14.5 Å². The monoisotopic (exact) mass is 320 g/mol. The van der Waals surface area contributed by atoms with Crippen molar-refractivity contribution in [1.82, 2.24) is 0 Å². The first kappa shape index (κ1) is 23.4. The van der Waals surface area contributed by atoms with Crippen LogP contribution in [0.3, 0.4) is 0 Å². The van der Waals surface area contributed by atoms with Crippen molar-refractivity contribution in [1.29, 1.82) is 0 Å². The van der Waals surface area contributed by atoms with Crippen LogP contribution in [0.1, 0.15) is 50.7 Å². The van der Waals surface area contributed by atoms with E-state index >= 15 is 0 Å². The van der Waals surface area contributed by atoms with Crippen LogP contribution in [0.25, 0.3) is 0 Å². The number of hydrogen-bond donors (Lipinski definition) is 2. The summed E-state index contributed by atoms with van der Waals surface area (Å²) in [7, 11) is -2.74. The Bertz CT molecular complexity index is 484. The second-order valence-corrected chi connectivity index (χ2v) is 6.54. The van der Waals surface area contributed by atoms with Crippen LogP contribution in [-0.2, 0) is 4.57 Å². The van der Waals surface area contributed by atoms with Gasteiger partial charge in [0.1, 0.15) is 5.75 Å². The molecule has 0 amide bonds. The molecule has 0 aliphatic heterocycles. The standard InChI is InChI=1S/C13H21O4P.2Na.2H/c1-8(2)10-6-7-11(18(14,15)16)12(9(3)4)13(10)17-5;;;;/h6-9H,1-5H3,(H2,14,15,16);;;;. The normalized spacial score (nSPS) is 11.1. The van der Waals surface area contributed by atoms with E-state index in [1.807, 2.05) is 27.7 Å². The molecule has 0 aliphatic rings. The van der Waals surface area contributed by atoms with Gasteiger partial charge in [0.25, 0.3) is 0 Å². The fourth-order valence-corrected chi connectivity index (χ4v) is 3.04. The molecule has 7 heteroatoms. The zero-order valence-electron chi connectivity index (χ0n) is 11.5. The third kappa shape index (κ3) is 5.42. The molecule has 1 aromatic rings. The summed E-state index contributed by atoms with van der Waals surface area (Å²) < 4.78 is 16.9. The van der Waals surface area contributed by atoms with E-state index < -0.39 is 7.60 Å². The number of ether oxygens (including phenoxy) is 1. The topological polar surface area (TPSA) is 66.8 Å². The molecule has 0 fully saturated rings. The van der Waals surface area contributed by atoms with E-state index in [1.54, 1.807) is 6.07 Å². The second kappa shape index (κ2) is 9.34. The third-order valence-corrected chi connectivity index (χ3v) is 3.94. The van der Waals surface area contributed by atoms with Crippen LogP contribution in [0.5, 0.6) is 5.75 Å². The Morgan fingerprint density at radius 3 is 1.85 bits per heavy atom. The van der Waals surface area contributed by atoms with Gasteiger partial charge in [0.2, 0.25) is 0 Å². The number of methoxy groups -OCH3 is 1. The molecule has 2 N–H and O–H groups in total. The van der Waals surface area contributed by atoms with Crippen molar-refractivity contribution in [3.05, 3.63) is 23.3 Å². The van der Waals surface area contributed by atoms with Gasteiger partial charge in [0, 0.05) is 5.56 Å². The van der Waals surface area contributed by atoms with E-state index in [1.165, 1.54) is 13.2 Å². The quantitative estimate of drug-likeness (QED) is 0.651. The predicted molar refractivity (Wildman–Crippen MR) is 87.1 cm³/mol. The Morgan fingerprint density at radius 2 is 1.55 bits per heavy atom. The first-order valence-corrected chi connectivity index (χ1v) is 7.58. The molecular formula is C13H23Na2O4P. The Balaban J connectivity index is 0. The van der Waals surface area contributed by atoms with Crippen molar-refractivity contribution in [3.63, 3.8) is 0 Å². The van der Waals surface area contributed by atoms with Crippen molar-refractivity contribution < 1.29 is 19.1 Å². The van der Waals surface area contributed by atoms with Crippen LogP contribution >= 0.6 is 7.60 Å². The molecule has 0 saturated heterocycles. The van der Waals surface area contributed by atoms with Gasteiger partial charge in [-0.1, -0.05) is 33.8 Å². The molecule has 1 aromatic carbocycles. The molecule has 1 rings (SSSR count). The van der Waals surface area contributed by atoms with Crippen LogP contribution in [0, 0.1) is 0 Å². The molecule has 0 spiro atoms. The zero-order valence-corrected chi connectivity index (χ0v) is 12.4. The summed E-state index contributed by atoms with van der Waals surface area (Å²) in [6.45, 7) is 7.86. The second-order valence-electron chi connectivity index (χ2n) is 4.97. The minimum atomic E-state index is -4.28. The fourth-order valence-electron chi connectivity index (χ4n) is 2.10. The molecule has 0 bridgehead atoms. The summed E-state index contributed by atoms with van der Waals surface area (Å²) in [5, 5.41) is 0.0683. The maximum atomic E-state index is 11.5. The summed E-state index contributed by atoms with van der Waals surface area (Å²) in [5.74, 6) is 0.824. The number of hydrogen-bond acceptors (Lipinski definition) is 2. The molecule has 0 unspecified atom stereocenters. The summed E-state index contributed by atoms with van der Waals surface area (Å²) >= 11 is 0. The molecule has 0 aromatic heterocycles. The van der Waals surface area contributed by atoms with Gasteiger partial charge in [0.05, 0.1) is 12.4 Å². The average molecular weight is 320 g/mol. The Morgan fingerprint density at radius 1 is 1.05 bits per heavy atom. The fraction of sp³-hybridized carbons (Fsp3) is 0.538. The van der Waals surface area contributed by atoms with E-state index in [4.69, 9.17) is 4.74 Å². The third-order valence-electron chi connectivity index (χ3n) is 2.92. The summed E-state index contributed by atoms with van der Waals surface area (Å²) in [5.41, 5.74) is 1.58. The van der Waals surface area contributed by atoms with Gasteiger partial charge in [-0.2, -0.15) is 0 Å². The first-order valence-electron chi connectivity index (χ1n) is 5.97. The molecule has 0 aliphatic carbocycles. The molecule has 0 heterocycles. The van der Waals surface area contributed by atoms with Crippen LogP contribution in [-0.4, -0.2) is 76.0 Å². The van der Waals surface area contributed by atoms with E-state index in [9.17, 15) is 14.4 Å². The molecular weight excluding hydrogens is 297 g/mol. The SMILES string of the molecule is COc1c(C(C)C)ccc(P(=O)(O)O)c1C(C)C.[NaH].[NaH]. The Labute approximate surface area is 165 Å². The number of rotatable bonds is 4. The molecule has 0 radical (unpaired) electrons. The van der Waals surface area contributed by atoms with Crippen LogP contribution in [0.4, 0.5) is 0 Å². The van der Waals surface area contributed by atoms with Crippen molar-refractivity contribution >= 4 is 72.0 Å². The first-order chi connectivity index (χ1) is 8.20. The average Bonchev–Trinajstić information content (AvgIpc) is 2.25. The summed E-state index contributed by atoms with van der Waals surface area (Å²) in [6.07, 6.45) is 0. The van der Waals surface area contributed by atoms with E-state index in [0.29, 0.717) is 11.3 Å². The summed E-state index contributed by atoms with van der Waals surface area (Å²) in [6, 6.07) is 3.26. The van der Waals surface area contributed by atoms with Crippen LogP contribution in [0.15, 0.2) is 12.1 Å². The van der Waals surface area contributed by atoms with Gasteiger partial charge in [-0.25, -0.2) is 0 Å². The summed E-state index contributed by atoms with van der Waals surface area (Å²) in [4.78, 5) is 18.8. The van der Waals surface area contributed by atoms with E-state index in [2.05, 4.69) is 0 Å². The molecule has 0 saturated carbocycles. The molecule has 0 atom stereocenters. The minimum absolute atomic E-state index is 0.